The molecule has 50 valence electrons. The van der Waals surface area contributed by atoms with Gasteiger partial charge in [-0.05, 0) is 0 Å². The van der Waals surface area contributed by atoms with Crippen molar-refractivity contribution in [2.45, 2.75) is 19.6 Å². The molecule has 1 N–H and O–H groups in total. The van der Waals surface area contributed by atoms with Crippen LogP contribution < -0.4 is 0 Å². The Balaban J connectivity index is 3.62. The van der Waals surface area contributed by atoms with Crippen molar-refractivity contribution in [1.29, 1.82) is 0 Å². The largest absolute Gasteiger partial charge is 0.345 e. The first-order valence-electron chi connectivity index (χ1n) is 2.97. The second-order valence-electron chi connectivity index (χ2n) is 3.01. The van der Waals surface area contributed by atoms with Gasteiger partial charge in [-0.1, -0.05) is 6.92 Å². The zero-order chi connectivity index (χ0) is 6.78. The molecule has 0 aliphatic heterocycles. The summed E-state index contributed by atoms with van der Waals surface area (Å²) in [4.78, 5) is 0. The maximum Gasteiger partial charge on any atom is 0.189 e. The van der Waals surface area contributed by atoms with Crippen LogP contribution in [0, 0.1) is 0 Å². The Kier molecular flexibility index (Phi) is 2.44. The van der Waals surface area contributed by atoms with Crippen molar-refractivity contribution in [3.8, 4) is 0 Å². The van der Waals surface area contributed by atoms with Gasteiger partial charge in [0.1, 0.15) is 0 Å². The summed E-state index contributed by atoms with van der Waals surface area (Å²) < 4.78 is 0.635. The molecule has 0 saturated heterocycles. The fourth-order valence-corrected chi connectivity index (χ4v) is 0.548. The summed E-state index contributed by atoms with van der Waals surface area (Å²) in [6.07, 6.45) is 0.610. The predicted molar refractivity (Wildman–Crippen MR) is 34.3 cm³/mol. The van der Waals surface area contributed by atoms with Crippen LogP contribution in [0.4, 0.5) is 0 Å². The number of nitrogens with zero attached hydrogens (tertiary/aromatic N) is 1. The van der Waals surface area contributed by atoms with Crippen LogP contribution in [-0.4, -0.2) is 37.0 Å². The zero-order valence-corrected chi connectivity index (χ0v) is 6.18. The second-order valence-corrected chi connectivity index (χ2v) is 3.01. The SMILES string of the molecule is CCC(O)[N+](C)(C)C. The molecule has 0 amide bonds. The molecule has 0 fully saturated rings. The molecule has 2 nitrogen and oxygen atoms in total. The van der Waals surface area contributed by atoms with E-state index in [1.165, 1.54) is 0 Å². The first kappa shape index (κ1) is 7.92. The van der Waals surface area contributed by atoms with Gasteiger partial charge < -0.3 is 9.59 Å². The summed E-state index contributed by atoms with van der Waals surface area (Å²) in [6, 6.07) is 0. The van der Waals surface area contributed by atoms with E-state index in [1.807, 2.05) is 28.1 Å². The first-order valence-corrected chi connectivity index (χ1v) is 2.97. The van der Waals surface area contributed by atoms with Gasteiger partial charge in [0, 0.05) is 6.42 Å². The highest BCUT2D eigenvalue weighted by atomic mass is 16.3. The van der Waals surface area contributed by atoms with Gasteiger partial charge in [-0.3, -0.25) is 0 Å². The highest BCUT2D eigenvalue weighted by Gasteiger charge is 2.16. The number of rotatable bonds is 2. The van der Waals surface area contributed by atoms with Gasteiger partial charge in [0.25, 0.3) is 0 Å². The quantitative estimate of drug-likeness (QED) is 0.411. The van der Waals surface area contributed by atoms with Gasteiger partial charge in [-0.15, -0.1) is 0 Å². The molecule has 0 heterocycles. The summed E-state index contributed by atoms with van der Waals surface area (Å²) >= 11 is 0. The number of aliphatic hydroxyl groups excluding tert-OH is 1. The standard InChI is InChI=1S/C6H16NO/c1-5-6(8)7(2,3)4/h6,8H,5H2,1-4H3/q+1. The van der Waals surface area contributed by atoms with Crippen LogP contribution in [0.3, 0.4) is 0 Å². The van der Waals surface area contributed by atoms with Crippen LogP contribution in [0.25, 0.3) is 0 Å². The molecule has 0 aliphatic rings. The molecular formula is C6H16NO+. The van der Waals surface area contributed by atoms with Crippen LogP contribution in [0.2, 0.25) is 0 Å². The van der Waals surface area contributed by atoms with Crippen molar-refractivity contribution in [2.24, 2.45) is 0 Å². The lowest BCUT2D eigenvalue weighted by atomic mass is 10.4. The molecule has 0 spiro atoms. The van der Waals surface area contributed by atoms with Crippen molar-refractivity contribution in [3.63, 3.8) is 0 Å². The molecule has 0 saturated carbocycles. The van der Waals surface area contributed by atoms with Gasteiger partial charge in [0.05, 0.1) is 21.1 Å². The molecule has 2 heteroatoms. The fourth-order valence-electron chi connectivity index (χ4n) is 0.548. The zero-order valence-electron chi connectivity index (χ0n) is 6.18. The van der Waals surface area contributed by atoms with Gasteiger partial charge >= 0.3 is 0 Å². The molecule has 0 rings (SSSR count). The average molecular weight is 118 g/mol. The third kappa shape index (κ3) is 2.28. The fraction of sp³-hybridized carbons (Fsp3) is 1.00. The van der Waals surface area contributed by atoms with E-state index in [4.69, 9.17) is 5.11 Å². The minimum Gasteiger partial charge on any atom is -0.345 e. The summed E-state index contributed by atoms with van der Waals surface area (Å²) in [7, 11) is 5.94. The Morgan fingerprint density at radius 2 is 1.75 bits per heavy atom. The van der Waals surface area contributed by atoms with E-state index >= 15 is 0 Å². The minimum atomic E-state index is -0.213. The number of aliphatic hydroxyl groups is 1. The minimum absolute atomic E-state index is 0.213. The third-order valence-electron chi connectivity index (χ3n) is 1.26. The van der Waals surface area contributed by atoms with E-state index in [9.17, 15) is 0 Å². The molecule has 0 aliphatic carbocycles. The molecule has 0 aromatic carbocycles. The van der Waals surface area contributed by atoms with E-state index in [-0.39, 0.29) is 6.23 Å². The van der Waals surface area contributed by atoms with Crippen LogP contribution in [-0.2, 0) is 0 Å². The van der Waals surface area contributed by atoms with Gasteiger partial charge in [-0.2, -0.15) is 0 Å². The molecule has 8 heavy (non-hydrogen) atoms. The van der Waals surface area contributed by atoms with Crippen molar-refractivity contribution in [3.05, 3.63) is 0 Å². The number of quaternary nitrogens is 1. The Bertz CT molecular complexity index is 65.4. The van der Waals surface area contributed by atoms with E-state index in [0.29, 0.717) is 4.48 Å². The molecule has 0 radical (unpaired) electrons. The molecule has 1 unspecified atom stereocenters. The third-order valence-corrected chi connectivity index (χ3v) is 1.26. The predicted octanol–water partition coefficient (Wildman–Crippen LogP) is 0.421. The van der Waals surface area contributed by atoms with Crippen molar-refractivity contribution >= 4 is 0 Å². The Hall–Kier alpha value is -0.0800. The average Bonchev–Trinajstić information content (AvgIpc) is 1.62. The lowest BCUT2D eigenvalue weighted by molar-refractivity contribution is -0.918. The van der Waals surface area contributed by atoms with E-state index in [0.717, 1.165) is 6.42 Å². The monoisotopic (exact) mass is 118 g/mol. The van der Waals surface area contributed by atoms with Gasteiger partial charge in [-0.25, -0.2) is 0 Å². The van der Waals surface area contributed by atoms with E-state index in [1.54, 1.807) is 0 Å². The molecule has 0 bridgehead atoms. The lowest BCUT2D eigenvalue weighted by Crippen LogP contribution is -2.44. The normalized spacial score (nSPS) is 16.1. The Labute approximate surface area is 51.3 Å². The topological polar surface area (TPSA) is 20.2 Å². The van der Waals surface area contributed by atoms with Crippen LogP contribution in [0.5, 0.6) is 0 Å². The summed E-state index contributed by atoms with van der Waals surface area (Å²) in [6.45, 7) is 1.98. The number of hydrogen-bond acceptors (Lipinski definition) is 1. The Morgan fingerprint density at radius 3 is 1.75 bits per heavy atom. The number of hydrogen-bond donors (Lipinski definition) is 1. The van der Waals surface area contributed by atoms with Crippen LogP contribution in [0.15, 0.2) is 0 Å². The molecule has 0 aromatic rings. The van der Waals surface area contributed by atoms with Crippen LogP contribution in [0.1, 0.15) is 13.3 Å². The van der Waals surface area contributed by atoms with Crippen LogP contribution >= 0.6 is 0 Å². The lowest BCUT2D eigenvalue weighted by Gasteiger charge is -2.28. The maximum atomic E-state index is 9.17. The van der Waals surface area contributed by atoms with E-state index < -0.39 is 0 Å². The van der Waals surface area contributed by atoms with Crippen molar-refractivity contribution in [2.75, 3.05) is 21.1 Å². The molecule has 0 aromatic heterocycles. The summed E-state index contributed by atoms with van der Waals surface area (Å²) in [5.41, 5.74) is 0. The molecular weight excluding hydrogens is 102 g/mol. The first-order chi connectivity index (χ1) is 3.48. The maximum absolute atomic E-state index is 9.17. The van der Waals surface area contributed by atoms with Gasteiger partial charge in [0.15, 0.2) is 6.23 Å². The Morgan fingerprint density at radius 1 is 1.38 bits per heavy atom. The smallest absolute Gasteiger partial charge is 0.189 e. The summed E-state index contributed by atoms with van der Waals surface area (Å²) in [5, 5.41) is 9.17. The highest BCUT2D eigenvalue weighted by molar-refractivity contribution is 4.30. The molecule has 1 atom stereocenters. The van der Waals surface area contributed by atoms with Crippen molar-refractivity contribution < 1.29 is 9.59 Å². The summed E-state index contributed by atoms with van der Waals surface area (Å²) in [5.74, 6) is 0. The van der Waals surface area contributed by atoms with E-state index in [2.05, 4.69) is 0 Å². The van der Waals surface area contributed by atoms with Crippen molar-refractivity contribution in [1.82, 2.24) is 0 Å². The van der Waals surface area contributed by atoms with Gasteiger partial charge in [0.2, 0.25) is 0 Å². The second kappa shape index (κ2) is 2.46. The highest BCUT2D eigenvalue weighted by Crippen LogP contribution is 2.01.